The van der Waals surface area contributed by atoms with E-state index in [4.69, 9.17) is 21.1 Å². The number of carbonyl (C=O) groups is 2. The van der Waals surface area contributed by atoms with Crippen LogP contribution in [0.3, 0.4) is 0 Å². The van der Waals surface area contributed by atoms with Crippen LogP contribution in [-0.4, -0.2) is 84.2 Å². The molecule has 3 aromatic rings. The summed E-state index contributed by atoms with van der Waals surface area (Å²) in [6.45, 7) is 3.58. The molecule has 1 aliphatic rings. The van der Waals surface area contributed by atoms with Gasteiger partial charge in [0.25, 0.3) is 10.1 Å². The minimum atomic E-state index is -4.74. The number of carbonyl (C=O) groups excluding carboxylic acids is 2. The summed E-state index contributed by atoms with van der Waals surface area (Å²) in [5, 5.41) is 28.5. The van der Waals surface area contributed by atoms with Crippen molar-refractivity contribution in [2.45, 2.75) is 11.8 Å². The van der Waals surface area contributed by atoms with Gasteiger partial charge in [-0.1, -0.05) is 42.5 Å². The van der Waals surface area contributed by atoms with E-state index >= 15 is 0 Å². The van der Waals surface area contributed by atoms with Crippen molar-refractivity contribution in [1.29, 1.82) is 0 Å². The fourth-order valence-electron chi connectivity index (χ4n) is 4.22. The lowest BCUT2D eigenvalue weighted by atomic mass is 9.82. The van der Waals surface area contributed by atoms with E-state index < -0.39 is 32.3 Å². The van der Waals surface area contributed by atoms with Crippen LogP contribution in [-0.2, 0) is 10.1 Å². The molecule has 0 saturated heterocycles. The Kier molecular flexibility index (Phi) is 9.92. The Hall–Kier alpha value is -3.65. The van der Waals surface area contributed by atoms with Gasteiger partial charge in [0.1, 0.15) is 4.90 Å². The van der Waals surface area contributed by atoms with Gasteiger partial charge >= 0.3 is 0 Å². The van der Waals surface area contributed by atoms with Gasteiger partial charge in [-0.15, -0.1) is 0 Å². The van der Waals surface area contributed by atoms with Crippen LogP contribution >= 0.6 is 0 Å². The molecule has 0 aromatic heterocycles. The second kappa shape index (κ2) is 12.9. The first-order valence-electron chi connectivity index (χ1n) is 12.0. The predicted molar refractivity (Wildman–Crippen MR) is 146 cm³/mol. The average Bonchev–Trinajstić information content (AvgIpc) is 2.89. The van der Waals surface area contributed by atoms with Crippen molar-refractivity contribution in [2.24, 2.45) is 0 Å². The van der Waals surface area contributed by atoms with Crippen molar-refractivity contribution in [3.8, 4) is 0 Å². The Morgan fingerprint density at radius 1 is 0.795 bits per heavy atom. The molecule has 0 bridgehead atoms. The molecular weight excluding hydrogens is 526 g/mol. The highest BCUT2D eigenvalue weighted by Gasteiger charge is 2.36. The molecule has 0 amide bonds. The first kappa shape index (κ1) is 29.9. The summed E-state index contributed by atoms with van der Waals surface area (Å²) in [6.07, 6.45) is 0. The zero-order valence-corrected chi connectivity index (χ0v) is 22.1. The fourth-order valence-corrected chi connectivity index (χ4v) is 4.87. The van der Waals surface area contributed by atoms with Crippen LogP contribution in [0, 0.1) is 6.92 Å². The largest absolute Gasteiger partial charge is 0.397 e. The standard InChI is InChI=1S/C21H16N2O5S.C6H15NO3/c1-11-6-2-5-9-14(11)23-15-10-16(29(26,27)28)19(22)18-17(15)20(24)12-7-3-4-8-13(12)21(18)25;8-4-1-7(2-5-9)3-6-10/h2-10,23H,22H2,1H3,(H,26,27,28);8-10H,1-6H2. The highest BCUT2D eigenvalue weighted by Crippen LogP contribution is 2.40. The van der Waals surface area contributed by atoms with E-state index in [-0.39, 0.29) is 47.8 Å². The number of hydrogen-bond donors (Lipinski definition) is 6. The Balaban J connectivity index is 0.000000360. The van der Waals surface area contributed by atoms with Crippen LogP contribution in [0.4, 0.5) is 17.1 Å². The molecule has 3 aromatic carbocycles. The van der Waals surface area contributed by atoms with Gasteiger partial charge in [-0.2, -0.15) is 8.42 Å². The third kappa shape index (κ3) is 6.68. The average molecular weight is 558 g/mol. The molecule has 1 aliphatic carbocycles. The molecule has 11 nitrogen and oxygen atoms in total. The SMILES string of the molecule is Cc1ccccc1Nc1cc(S(=O)(=O)O)c(N)c2c1C(=O)c1ccccc1C2=O.OCCN(CCO)CCO. The Labute approximate surface area is 226 Å². The molecule has 39 heavy (non-hydrogen) atoms. The topological polar surface area (TPSA) is 190 Å². The maximum atomic E-state index is 13.2. The smallest absolute Gasteiger partial charge is 0.296 e. The molecule has 0 fully saturated rings. The number of nitrogens with two attached hydrogens (primary N) is 1. The van der Waals surface area contributed by atoms with E-state index in [1.165, 1.54) is 12.1 Å². The highest BCUT2D eigenvalue weighted by molar-refractivity contribution is 7.86. The first-order chi connectivity index (χ1) is 18.5. The van der Waals surface area contributed by atoms with Gasteiger partial charge in [-0.05, 0) is 24.6 Å². The fraction of sp³-hybridized carbons (Fsp3) is 0.259. The van der Waals surface area contributed by atoms with Crippen LogP contribution in [0.5, 0.6) is 0 Å². The summed E-state index contributed by atoms with van der Waals surface area (Å²) < 4.78 is 33.4. The van der Waals surface area contributed by atoms with Crippen LogP contribution in [0.1, 0.15) is 37.4 Å². The van der Waals surface area contributed by atoms with Crippen LogP contribution < -0.4 is 11.1 Å². The van der Waals surface area contributed by atoms with Gasteiger partial charge in [-0.3, -0.25) is 19.0 Å². The van der Waals surface area contributed by atoms with Crippen molar-refractivity contribution >= 4 is 38.7 Å². The zero-order chi connectivity index (χ0) is 28.7. The van der Waals surface area contributed by atoms with Crippen LogP contribution in [0.2, 0.25) is 0 Å². The monoisotopic (exact) mass is 557 g/mol. The number of para-hydroxylation sites is 1. The summed E-state index contributed by atoms with van der Waals surface area (Å²) >= 11 is 0. The lowest BCUT2D eigenvalue weighted by molar-refractivity contribution is 0.0980. The zero-order valence-electron chi connectivity index (χ0n) is 21.3. The molecule has 208 valence electrons. The number of aliphatic hydroxyl groups excluding tert-OH is 3. The summed E-state index contributed by atoms with van der Waals surface area (Å²) in [5.74, 6) is -1.04. The van der Waals surface area contributed by atoms with Crippen molar-refractivity contribution in [1.82, 2.24) is 4.90 Å². The Bertz CT molecular complexity index is 1460. The number of rotatable bonds is 9. The summed E-state index contributed by atoms with van der Waals surface area (Å²) in [4.78, 5) is 27.5. The third-order valence-electron chi connectivity index (χ3n) is 6.14. The predicted octanol–water partition coefficient (Wildman–Crippen LogP) is 1.61. The minimum Gasteiger partial charge on any atom is -0.397 e. The van der Waals surface area contributed by atoms with E-state index in [2.05, 4.69) is 5.32 Å². The molecule has 0 unspecified atom stereocenters. The second-order valence-corrected chi connectivity index (χ2v) is 10.1. The van der Waals surface area contributed by atoms with Crippen molar-refractivity contribution < 1.29 is 37.9 Å². The molecule has 0 aliphatic heterocycles. The lowest BCUT2D eigenvalue weighted by Crippen LogP contribution is -2.32. The van der Waals surface area contributed by atoms with E-state index in [1.54, 1.807) is 29.2 Å². The van der Waals surface area contributed by atoms with E-state index in [0.29, 0.717) is 25.3 Å². The Morgan fingerprint density at radius 3 is 1.77 bits per heavy atom. The number of nitrogens with one attached hydrogen (secondary N) is 1. The number of nitrogens with zero attached hydrogens (tertiary/aromatic N) is 1. The number of anilines is 3. The molecule has 0 heterocycles. The normalized spacial score (nSPS) is 12.5. The van der Waals surface area contributed by atoms with Gasteiger partial charge in [0.15, 0.2) is 11.6 Å². The maximum absolute atomic E-state index is 13.2. The summed E-state index contributed by atoms with van der Waals surface area (Å²) in [5.41, 5.74) is 7.09. The highest BCUT2D eigenvalue weighted by atomic mass is 32.2. The molecule has 7 N–H and O–H groups in total. The Morgan fingerprint density at radius 2 is 1.28 bits per heavy atom. The van der Waals surface area contributed by atoms with Crippen molar-refractivity contribution in [2.75, 3.05) is 50.5 Å². The van der Waals surface area contributed by atoms with Gasteiger partial charge < -0.3 is 26.4 Å². The van der Waals surface area contributed by atoms with E-state index in [9.17, 15) is 22.6 Å². The first-order valence-corrected chi connectivity index (χ1v) is 13.5. The van der Waals surface area contributed by atoms with E-state index in [0.717, 1.165) is 11.6 Å². The molecular formula is C27H31N3O8S. The van der Waals surface area contributed by atoms with Crippen LogP contribution in [0.25, 0.3) is 0 Å². The molecule has 12 heteroatoms. The summed E-state index contributed by atoms with van der Waals surface area (Å²) in [6, 6.07) is 14.5. The number of aliphatic hydroxyl groups is 3. The van der Waals surface area contributed by atoms with Crippen LogP contribution in [0.15, 0.2) is 59.5 Å². The van der Waals surface area contributed by atoms with Crippen molar-refractivity contribution in [3.05, 3.63) is 82.4 Å². The molecule has 0 radical (unpaired) electrons. The minimum absolute atomic E-state index is 0.0261. The molecule has 0 atom stereocenters. The molecule has 0 spiro atoms. The number of ketones is 2. The maximum Gasteiger partial charge on any atom is 0.296 e. The molecule has 0 saturated carbocycles. The number of nitrogen functional groups attached to an aromatic ring is 1. The van der Waals surface area contributed by atoms with Gasteiger partial charge in [-0.25, -0.2) is 0 Å². The van der Waals surface area contributed by atoms with E-state index in [1.807, 2.05) is 19.1 Å². The van der Waals surface area contributed by atoms with Gasteiger partial charge in [0.05, 0.1) is 42.3 Å². The molecule has 4 rings (SSSR count). The summed E-state index contributed by atoms with van der Waals surface area (Å²) in [7, 11) is -4.74. The quantitative estimate of drug-likeness (QED) is 0.129. The van der Waals surface area contributed by atoms with Crippen molar-refractivity contribution in [3.63, 3.8) is 0 Å². The number of benzene rings is 3. The second-order valence-electron chi connectivity index (χ2n) is 8.72. The lowest BCUT2D eigenvalue weighted by Gasteiger charge is -2.24. The van der Waals surface area contributed by atoms with Gasteiger partial charge in [0.2, 0.25) is 0 Å². The number of fused-ring (bicyclic) bond motifs is 2. The number of hydrogen-bond acceptors (Lipinski definition) is 10. The third-order valence-corrected chi connectivity index (χ3v) is 7.03. The number of aryl methyl sites for hydroxylation is 1. The van der Waals surface area contributed by atoms with Gasteiger partial charge in [0, 0.05) is 36.4 Å².